The van der Waals surface area contributed by atoms with E-state index in [-0.39, 0.29) is 11.8 Å². The van der Waals surface area contributed by atoms with Crippen molar-refractivity contribution in [2.24, 2.45) is 7.05 Å². The first-order valence-corrected chi connectivity index (χ1v) is 9.15. The molecule has 0 unspecified atom stereocenters. The third-order valence-corrected chi connectivity index (χ3v) is 5.72. The van der Waals surface area contributed by atoms with Crippen LogP contribution in [0, 0.1) is 6.92 Å². The molecule has 5 nitrogen and oxygen atoms in total. The lowest BCUT2D eigenvalue weighted by atomic mass is 10.1. The topological polar surface area (TPSA) is 45.6 Å². The van der Waals surface area contributed by atoms with Gasteiger partial charge in [0.05, 0.1) is 12.0 Å². The van der Waals surface area contributed by atoms with Gasteiger partial charge in [0.15, 0.2) is 0 Å². The Morgan fingerprint density at radius 1 is 1.08 bits per heavy atom. The molecule has 0 aromatic carbocycles. The molecule has 24 heavy (non-hydrogen) atoms. The molecule has 0 bridgehead atoms. The second-order valence-electron chi connectivity index (χ2n) is 7.49. The van der Waals surface area contributed by atoms with Crippen molar-refractivity contribution in [3.63, 3.8) is 0 Å². The molecule has 0 spiro atoms. The van der Waals surface area contributed by atoms with Gasteiger partial charge in [-0.2, -0.15) is 0 Å². The Morgan fingerprint density at radius 3 is 2.21 bits per heavy atom. The zero-order valence-electron chi connectivity index (χ0n) is 15.3. The number of nitrogens with zero attached hydrogens (tertiary/aromatic N) is 3. The Bertz CT molecular complexity index is 649. The summed E-state index contributed by atoms with van der Waals surface area (Å²) in [4.78, 5) is 29.7. The number of likely N-dealkylation sites (tertiary alicyclic amines) is 2. The molecule has 2 aliphatic rings. The number of carbonyl (C=O) groups excluding carboxylic acids is 2. The number of aryl methyl sites for hydroxylation is 2. The van der Waals surface area contributed by atoms with Gasteiger partial charge in [0, 0.05) is 44.1 Å². The molecule has 132 valence electrons. The summed E-state index contributed by atoms with van der Waals surface area (Å²) in [5, 5.41) is 0. The highest BCUT2D eigenvalue weighted by atomic mass is 16.2. The number of rotatable bonds is 3. The SMILES string of the molecule is Cc1cn(C)c(CC(=O)N2CCC[C@@H]2C)c1C(=O)N1CCC[C@@H]1C. The average molecular weight is 331 g/mol. The van der Waals surface area contributed by atoms with Gasteiger partial charge in [-0.05, 0) is 52.0 Å². The first kappa shape index (κ1) is 17.1. The van der Waals surface area contributed by atoms with E-state index < -0.39 is 0 Å². The standard InChI is InChI=1S/C19H29N3O2/c1-13-12-20(4)16(11-17(23)21-9-5-7-14(21)2)18(13)19(24)22-10-6-8-15(22)3/h12,14-15H,5-11H2,1-4H3/t14-,15-/m0/s1. The second-order valence-corrected chi connectivity index (χ2v) is 7.49. The van der Waals surface area contributed by atoms with Crippen LogP contribution in [0.4, 0.5) is 0 Å². The van der Waals surface area contributed by atoms with Crippen molar-refractivity contribution in [2.45, 2.75) is 65.0 Å². The Labute approximate surface area is 144 Å². The van der Waals surface area contributed by atoms with Gasteiger partial charge < -0.3 is 14.4 Å². The van der Waals surface area contributed by atoms with E-state index in [1.807, 2.05) is 34.5 Å². The maximum atomic E-state index is 13.1. The Morgan fingerprint density at radius 2 is 1.67 bits per heavy atom. The molecule has 2 atom stereocenters. The fourth-order valence-electron chi connectivity index (χ4n) is 4.27. The molecular weight excluding hydrogens is 302 g/mol. The van der Waals surface area contributed by atoms with Crippen LogP contribution in [0.5, 0.6) is 0 Å². The number of hydrogen-bond donors (Lipinski definition) is 0. The molecule has 3 heterocycles. The molecule has 2 saturated heterocycles. The number of hydrogen-bond acceptors (Lipinski definition) is 2. The predicted molar refractivity (Wildman–Crippen MR) is 94.0 cm³/mol. The normalized spacial score (nSPS) is 24.0. The molecule has 0 aliphatic carbocycles. The van der Waals surface area contributed by atoms with Crippen LogP contribution < -0.4 is 0 Å². The van der Waals surface area contributed by atoms with Crippen LogP contribution in [-0.2, 0) is 18.3 Å². The van der Waals surface area contributed by atoms with Crippen LogP contribution in [0.15, 0.2) is 6.20 Å². The highest BCUT2D eigenvalue weighted by Crippen LogP contribution is 2.26. The van der Waals surface area contributed by atoms with E-state index in [0.717, 1.165) is 55.6 Å². The summed E-state index contributed by atoms with van der Waals surface area (Å²) in [7, 11) is 1.94. The van der Waals surface area contributed by atoms with Gasteiger partial charge >= 0.3 is 0 Å². The van der Waals surface area contributed by atoms with Gasteiger partial charge in [-0.25, -0.2) is 0 Å². The quantitative estimate of drug-likeness (QED) is 0.854. The summed E-state index contributed by atoms with van der Waals surface area (Å²) in [6, 6.07) is 0.607. The van der Waals surface area contributed by atoms with E-state index in [9.17, 15) is 9.59 Å². The van der Waals surface area contributed by atoms with E-state index in [4.69, 9.17) is 0 Å². The molecule has 0 N–H and O–H groups in total. The van der Waals surface area contributed by atoms with E-state index in [2.05, 4.69) is 13.8 Å². The molecule has 1 aromatic rings. The third-order valence-electron chi connectivity index (χ3n) is 5.72. The average Bonchev–Trinajstić information content (AvgIpc) is 3.19. The highest BCUT2D eigenvalue weighted by molar-refractivity contribution is 5.98. The van der Waals surface area contributed by atoms with Gasteiger partial charge in [0.25, 0.3) is 5.91 Å². The largest absolute Gasteiger partial charge is 0.353 e. The molecule has 0 saturated carbocycles. The molecule has 3 rings (SSSR count). The number of carbonyl (C=O) groups is 2. The molecule has 2 amide bonds. The molecule has 1 aromatic heterocycles. The van der Waals surface area contributed by atoms with E-state index >= 15 is 0 Å². The fourth-order valence-corrected chi connectivity index (χ4v) is 4.27. The van der Waals surface area contributed by atoms with Crippen LogP contribution in [0.2, 0.25) is 0 Å². The first-order chi connectivity index (χ1) is 11.4. The summed E-state index contributed by atoms with van der Waals surface area (Å²) in [6.07, 6.45) is 6.59. The summed E-state index contributed by atoms with van der Waals surface area (Å²) in [6.45, 7) is 7.86. The predicted octanol–water partition coefficient (Wildman–Crippen LogP) is 2.51. The van der Waals surface area contributed by atoms with Crippen molar-refractivity contribution in [3.05, 3.63) is 23.0 Å². The summed E-state index contributed by atoms with van der Waals surface area (Å²) >= 11 is 0. The van der Waals surface area contributed by atoms with Crippen molar-refractivity contribution in [3.8, 4) is 0 Å². The molecular formula is C19H29N3O2. The molecule has 0 radical (unpaired) electrons. The molecule has 2 fully saturated rings. The van der Waals surface area contributed by atoms with E-state index in [0.29, 0.717) is 18.5 Å². The van der Waals surface area contributed by atoms with Gasteiger partial charge in [0.2, 0.25) is 5.91 Å². The fraction of sp³-hybridized carbons (Fsp3) is 0.684. The lowest BCUT2D eigenvalue weighted by molar-refractivity contribution is -0.131. The first-order valence-electron chi connectivity index (χ1n) is 9.15. The highest BCUT2D eigenvalue weighted by Gasteiger charge is 2.32. The van der Waals surface area contributed by atoms with Crippen LogP contribution >= 0.6 is 0 Å². The second kappa shape index (κ2) is 6.61. The van der Waals surface area contributed by atoms with Gasteiger partial charge in [-0.15, -0.1) is 0 Å². The molecule has 5 heteroatoms. The van der Waals surface area contributed by atoms with E-state index in [1.165, 1.54) is 0 Å². The van der Waals surface area contributed by atoms with Crippen LogP contribution in [0.25, 0.3) is 0 Å². The van der Waals surface area contributed by atoms with Gasteiger partial charge in [-0.3, -0.25) is 9.59 Å². The van der Waals surface area contributed by atoms with Crippen molar-refractivity contribution in [1.82, 2.24) is 14.4 Å². The van der Waals surface area contributed by atoms with Crippen molar-refractivity contribution >= 4 is 11.8 Å². The Hall–Kier alpha value is -1.78. The summed E-state index contributed by atoms with van der Waals surface area (Å²) < 4.78 is 1.96. The van der Waals surface area contributed by atoms with Crippen molar-refractivity contribution in [1.29, 1.82) is 0 Å². The van der Waals surface area contributed by atoms with Crippen LogP contribution in [-0.4, -0.2) is 51.4 Å². The maximum Gasteiger partial charge on any atom is 0.256 e. The maximum absolute atomic E-state index is 13.1. The number of aromatic nitrogens is 1. The smallest absolute Gasteiger partial charge is 0.256 e. The zero-order chi connectivity index (χ0) is 17.4. The Balaban J connectivity index is 1.85. The third kappa shape index (κ3) is 2.96. The lowest BCUT2D eigenvalue weighted by Gasteiger charge is -2.24. The monoisotopic (exact) mass is 331 g/mol. The minimum Gasteiger partial charge on any atom is -0.353 e. The summed E-state index contributed by atoms with van der Waals surface area (Å²) in [5.74, 6) is 0.236. The van der Waals surface area contributed by atoms with Crippen molar-refractivity contribution < 1.29 is 9.59 Å². The van der Waals surface area contributed by atoms with Crippen molar-refractivity contribution in [2.75, 3.05) is 13.1 Å². The van der Waals surface area contributed by atoms with Gasteiger partial charge in [0.1, 0.15) is 0 Å². The summed E-state index contributed by atoms with van der Waals surface area (Å²) in [5.41, 5.74) is 2.58. The zero-order valence-corrected chi connectivity index (χ0v) is 15.3. The van der Waals surface area contributed by atoms with E-state index in [1.54, 1.807) is 0 Å². The minimum atomic E-state index is 0.0929. The molecule has 2 aliphatic heterocycles. The lowest BCUT2D eigenvalue weighted by Crippen LogP contribution is -2.37. The van der Waals surface area contributed by atoms with Gasteiger partial charge in [-0.1, -0.05) is 0 Å². The van der Waals surface area contributed by atoms with Crippen LogP contribution in [0.1, 0.15) is 61.1 Å². The number of amides is 2. The Kier molecular flexibility index (Phi) is 4.70. The minimum absolute atomic E-state index is 0.0929. The van der Waals surface area contributed by atoms with Crippen LogP contribution in [0.3, 0.4) is 0 Å².